The monoisotopic (exact) mass is 274 g/mol. The number of benzene rings is 1. The van der Waals surface area contributed by atoms with Crippen molar-refractivity contribution >= 4 is 22.9 Å². The van der Waals surface area contributed by atoms with Gasteiger partial charge >= 0.3 is 0 Å². The second kappa shape index (κ2) is 6.50. The lowest BCUT2D eigenvalue weighted by molar-refractivity contribution is -0.116. The summed E-state index contributed by atoms with van der Waals surface area (Å²) in [5, 5.41) is 4.96. The van der Waals surface area contributed by atoms with Gasteiger partial charge < -0.3 is 11.1 Å². The molecule has 2 aromatic rings. The summed E-state index contributed by atoms with van der Waals surface area (Å²) in [5.74, 6) is 0.113. The van der Waals surface area contributed by atoms with Crippen LogP contribution in [0.15, 0.2) is 41.8 Å². The minimum Gasteiger partial charge on any atom is -0.330 e. The molecular weight excluding hydrogens is 256 g/mol. The molecule has 4 heteroatoms. The third-order valence-electron chi connectivity index (χ3n) is 3.08. The van der Waals surface area contributed by atoms with E-state index in [4.69, 9.17) is 5.73 Å². The maximum atomic E-state index is 12.1. The Morgan fingerprint density at radius 1 is 1.32 bits per heavy atom. The lowest BCUT2D eigenvalue weighted by atomic mass is 10.0. The lowest BCUT2D eigenvalue weighted by Gasteiger charge is -2.13. The maximum absolute atomic E-state index is 12.1. The Morgan fingerprint density at radius 3 is 2.74 bits per heavy atom. The van der Waals surface area contributed by atoms with Gasteiger partial charge in [0.2, 0.25) is 5.91 Å². The molecule has 1 atom stereocenters. The van der Waals surface area contributed by atoms with Gasteiger partial charge in [0.15, 0.2) is 0 Å². The van der Waals surface area contributed by atoms with Crippen LogP contribution >= 0.6 is 11.3 Å². The van der Waals surface area contributed by atoms with Crippen LogP contribution in [0.4, 0.5) is 5.69 Å². The van der Waals surface area contributed by atoms with Crippen molar-refractivity contribution in [1.82, 2.24) is 0 Å². The standard InChI is InChI=1S/C15H18N2OS/c1-11-5-2-3-6-13(11)17-15(18)9-12(10-16)14-7-4-8-19-14/h2-8,12H,9-10,16H2,1H3,(H,17,18). The van der Waals surface area contributed by atoms with E-state index in [-0.39, 0.29) is 11.8 Å². The first kappa shape index (κ1) is 13.8. The molecule has 0 saturated heterocycles. The van der Waals surface area contributed by atoms with Crippen molar-refractivity contribution in [3.63, 3.8) is 0 Å². The molecule has 0 spiro atoms. The zero-order chi connectivity index (χ0) is 13.7. The SMILES string of the molecule is Cc1ccccc1NC(=O)CC(CN)c1cccs1. The van der Waals surface area contributed by atoms with Crippen molar-refractivity contribution in [2.45, 2.75) is 19.3 Å². The van der Waals surface area contributed by atoms with E-state index in [9.17, 15) is 4.79 Å². The highest BCUT2D eigenvalue weighted by Crippen LogP contribution is 2.24. The number of carbonyl (C=O) groups is 1. The lowest BCUT2D eigenvalue weighted by Crippen LogP contribution is -2.20. The van der Waals surface area contributed by atoms with Crippen LogP contribution in [0.25, 0.3) is 0 Å². The van der Waals surface area contributed by atoms with Gasteiger partial charge in [-0.15, -0.1) is 11.3 Å². The number of aryl methyl sites for hydroxylation is 1. The molecule has 0 aliphatic rings. The summed E-state index contributed by atoms with van der Waals surface area (Å²) < 4.78 is 0. The van der Waals surface area contributed by atoms with Gasteiger partial charge in [-0.05, 0) is 30.0 Å². The van der Waals surface area contributed by atoms with Gasteiger partial charge in [0.25, 0.3) is 0 Å². The van der Waals surface area contributed by atoms with Crippen molar-refractivity contribution in [3.8, 4) is 0 Å². The topological polar surface area (TPSA) is 55.1 Å². The van der Waals surface area contributed by atoms with E-state index in [0.717, 1.165) is 11.3 Å². The van der Waals surface area contributed by atoms with Crippen LogP contribution in [-0.4, -0.2) is 12.5 Å². The van der Waals surface area contributed by atoms with Crippen molar-refractivity contribution < 1.29 is 4.79 Å². The minimum absolute atomic E-state index is 0.0122. The summed E-state index contributed by atoms with van der Waals surface area (Å²) in [7, 11) is 0. The Kier molecular flexibility index (Phi) is 4.71. The van der Waals surface area contributed by atoms with E-state index in [1.54, 1.807) is 11.3 Å². The van der Waals surface area contributed by atoms with Gasteiger partial charge in [-0.1, -0.05) is 24.3 Å². The summed E-state index contributed by atoms with van der Waals surface area (Å²) in [6.07, 6.45) is 0.422. The second-order valence-corrected chi connectivity index (χ2v) is 5.49. The minimum atomic E-state index is 0.0122. The molecule has 2 rings (SSSR count). The Labute approximate surface area is 117 Å². The van der Waals surface area contributed by atoms with E-state index in [0.29, 0.717) is 13.0 Å². The fourth-order valence-electron chi connectivity index (χ4n) is 1.96. The average Bonchev–Trinajstić information content (AvgIpc) is 2.92. The number of thiophene rings is 1. The number of para-hydroxylation sites is 1. The predicted octanol–water partition coefficient (Wildman–Crippen LogP) is 3.13. The van der Waals surface area contributed by atoms with Gasteiger partial charge in [0.1, 0.15) is 0 Å². The van der Waals surface area contributed by atoms with Gasteiger partial charge in [-0.3, -0.25) is 4.79 Å². The van der Waals surface area contributed by atoms with Gasteiger partial charge in [0.05, 0.1) is 0 Å². The zero-order valence-corrected chi connectivity index (χ0v) is 11.7. The van der Waals surface area contributed by atoms with Gasteiger partial charge in [-0.2, -0.15) is 0 Å². The molecule has 19 heavy (non-hydrogen) atoms. The van der Waals surface area contributed by atoms with Crippen molar-refractivity contribution in [1.29, 1.82) is 0 Å². The third-order valence-corrected chi connectivity index (χ3v) is 4.12. The highest BCUT2D eigenvalue weighted by atomic mass is 32.1. The first-order chi connectivity index (χ1) is 9.20. The van der Waals surface area contributed by atoms with E-state index >= 15 is 0 Å². The number of nitrogens with one attached hydrogen (secondary N) is 1. The van der Waals surface area contributed by atoms with Crippen LogP contribution in [0, 0.1) is 6.92 Å². The van der Waals surface area contributed by atoms with Crippen molar-refractivity contribution in [3.05, 3.63) is 52.2 Å². The maximum Gasteiger partial charge on any atom is 0.225 e. The number of anilines is 1. The summed E-state index contributed by atoms with van der Waals surface area (Å²) in [6.45, 7) is 2.47. The van der Waals surface area contributed by atoms with Gasteiger partial charge in [-0.25, -0.2) is 0 Å². The number of carbonyl (C=O) groups excluding carboxylic acids is 1. The largest absolute Gasteiger partial charge is 0.330 e. The molecule has 3 nitrogen and oxygen atoms in total. The van der Waals surface area contributed by atoms with Crippen LogP contribution < -0.4 is 11.1 Å². The van der Waals surface area contributed by atoms with E-state index in [1.807, 2.05) is 48.7 Å². The molecule has 0 aliphatic carbocycles. The molecule has 0 bridgehead atoms. The summed E-state index contributed by atoms with van der Waals surface area (Å²) in [4.78, 5) is 13.2. The van der Waals surface area contributed by atoms with Crippen LogP contribution in [0.1, 0.15) is 22.8 Å². The van der Waals surface area contributed by atoms with E-state index < -0.39 is 0 Å². The summed E-state index contributed by atoms with van der Waals surface area (Å²) >= 11 is 1.65. The molecule has 0 fully saturated rings. The highest BCUT2D eigenvalue weighted by molar-refractivity contribution is 7.10. The zero-order valence-electron chi connectivity index (χ0n) is 10.9. The molecule has 1 unspecified atom stereocenters. The first-order valence-electron chi connectivity index (χ1n) is 6.29. The van der Waals surface area contributed by atoms with Crippen molar-refractivity contribution in [2.24, 2.45) is 5.73 Å². The number of hydrogen-bond acceptors (Lipinski definition) is 3. The Morgan fingerprint density at radius 2 is 2.11 bits per heavy atom. The number of nitrogens with two attached hydrogens (primary N) is 1. The van der Waals surface area contributed by atoms with E-state index in [1.165, 1.54) is 4.88 Å². The van der Waals surface area contributed by atoms with Crippen molar-refractivity contribution in [2.75, 3.05) is 11.9 Å². The number of amides is 1. The predicted molar refractivity (Wildman–Crippen MR) is 80.5 cm³/mol. The summed E-state index contributed by atoms with van der Waals surface area (Å²) in [5.41, 5.74) is 7.70. The molecular formula is C15H18N2OS. The number of hydrogen-bond donors (Lipinski definition) is 2. The van der Waals surface area contributed by atoms with Crippen LogP contribution in [-0.2, 0) is 4.79 Å². The second-order valence-electron chi connectivity index (χ2n) is 4.52. The Bertz CT molecular complexity index is 537. The van der Waals surface area contributed by atoms with Gasteiger partial charge in [0, 0.05) is 29.4 Å². The fraction of sp³-hybridized carbons (Fsp3) is 0.267. The molecule has 3 N–H and O–H groups in total. The average molecular weight is 274 g/mol. The summed E-state index contributed by atoms with van der Waals surface area (Å²) in [6, 6.07) is 11.8. The molecule has 1 amide bonds. The first-order valence-corrected chi connectivity index (χ1v) is 7.17. The smallest absolute Gasteiger partial charge is 0.225 e. The quantitative estimate of drug-likeness (QED) is 0.880. The normalized spacial score (nSPS) is 12.1. The van der Waals surface area contributed by atoms with E-state index in [2.05, 4.69) is 5.32 Å². The molecule has 1 heterocycles. The molecule has 0 radical (unpaired) electrons. The van der Waals surface area contributed by atoms with Crippen LogP contribution in [0.2, 0.25) is 0 Å². The number of rotatable bonds is 5. The molecule has 1 aromatic heterocycles. The van der Waals surface area contributed by atoms with Crippen LogP contribution in [0.5, 0.6) is 0 Å². The molecule has 100 valence electrons. The third kappa shape index (κ3) is 3.66. The molecule has 0 aliphatic heterocycles. The Hall–Kier alpha value is -1.65. The molecule has 0 saturated carbocycles. The van der Waals surface area contributed by atoms with Crippen LogP contribution in [0.3, 0.4) is 0 Å². The Balaban J connectivity index is 1.99. The molecule has 1 aromatic carbocycles. The fourth-order valence-corrected chi connectivity index (χ4v) is 2.81. The highest BCUT2D eigenvalue weighted by Gasteiger charge is 2.15.